The smallest absolute Gasteiger partial charge is 0.172 e. The fraction of sp³-hybridized carbons (Fsp3) is 0.375. The summed E-state index contributed by atoms with van der Waals surface area (Å²) in [5, 5.41) is 9.57. The summed E-state index contributed by atoms with van der Waals surface area (Å²) in [6.45, 7) is 4.41. The minimum atomic E-state index is 0.477. The van der Waals surface area contributed by atoms with E-state index in [1.54, 1.807) is 11.8 Å². The second-order valence-electron chi connectivity index (χ2n) is 4.90. The third kappa shape index (κ3) is 3.43. The zero-order valence-corrected chi connectivity index (χ0v) is 12.7. The molecule has 0 bridgehead atoms. The van der Waals surface area contributed by atoms with Gasteiger partial charge in [-0.05, 0) is 24.0 Å². The maximum Gasteiger partial charge on any atom is 0.172 e. The van der Waals surface area contributed by atoms with E-state index in [2.05, 4.69) is 53.7 Å². The molecule has 0 saturated heterocycles. The lowest BCUT2D eigenvalue weighted by atomic mass is 10.0. The summed E-state index contributed by atoms with van der Waals surface area (Å²) in [5.41, 5.74) is 2.52. The standard InChI is InChI=1S/C16H19N3S/c1-13(2)14-7-3-4-8-15(14)19-11-10-18-16(19)20-12-6-5-9-17/h3-4,7-8,10-11,13H,5-6,12H2,1-2H3. The minimum Gasteiger partial charge on any atom is -0.295 e. The Hall–Kier alpha value is -1.73. The van der Waals surface area contributed by atoms with Crippen LogP contribution in [0, 0.1) is 11.3 Å². The van der Waals surface area contributed by atoms with Crippen molar-refractivity contribution in [1.82, 2.24) is 9.55 Å². The third-order valence-corrected chi connectivity index (χ3v) is 4.14. The van der Waals surface area contributed by atoms with Crippen LogP contribution in [-0.2, 0) is 0 Å². The molecule has 0 aliphatic heterocycles. The van der Waals surface area contributed by atoms with Gasteiger partial charge in [0.05, 0.1) is 11.8 Å². The van der Waals surface area contributed by atoms with Gasteiger partial charge in [0.15, 0.2) is 5.16 Å². The van der Waals surface area contributed by atoms with Crippen molar-refractivity contribution in [3.63, 3.8) is 0 Å². The molecule has 1 aromatic carbocycles. The van der Waals surface area contributed by atoms with Crippen molar-refractivity contribution < 1.29 is 0 Å². The molecule has 2 aromatic rings. The molecule has 104 valence electrons. The fourth-order valence-corrected chi connectivity index (χ4v) is 2.99. The normalized spacial score (nSPS) is 10.7. The summed E-state index contributed by atoms with van der Waals surface area (Å²) in [4.78, 5) is 4.43. The highest BCUT2D eigenvalue weighted by atomic mass is 32.2. The van der Waals surface area contributed by atoms with Gasteiger partial charge >= 0.3 is 0 Å². The van der Waals surface area contributed by atoms with Gasteiger partial charge in [-0.2, -0.15) is 5.26 Å². The molecule has 0 N–H and O–H groups in total. The number of thioether (sulfide) groups is 1. The van der Waals surface area contributed by atoms with Crippen molar-refractivity contribution in [1.29, 1.82) is 5.26 Å². The van der Waals surface area contributed by atoms with Crippen molar-refractivity contribution in [2.75, 3.05) is 5.75 Å². The zero-order chi connectivity index (χ0) is 14.4. The fourth-order valence-electron chi connectivity index (χ4n) is 2.09. The molecule has 1 heterocycles. The van der Waals surface area contributed by atoms with Crippen LogP contribution in [0.2, 0.25) is 0 Å². The summed E-state index contributed by atoms with van der Waals surface area (Å²) >= 11 is 1.71. The third-order valence-electron chi connectivity index (χ3n) is 3.09. The van der Waals surface area contributed by atoms with Crippen LogP contribution < -0.4 is 0 Å². The molecule has 0 radical (unpaired) electrons. The van der Waals surface area contributed by atoms with Crippen molar-refractivity contribution in [3.8, 4) is 11.8 Å². The lowest BCUT2D eigenvalue weighted by Gasteiger charge is -2.15. The minimum absolute atomic E-state index is 0.477. The van der Waals surface area contributed by atoms with Gasteiger partial charge in [-0.3, -0.25) is 4.57 Å². The zero-order valence-electron chi connectivity index (χ0n) is 11.9. The predicted octanol–water partition coefficient (Wildman–Crippen LogP) is 4.39. The Morgan fingerprint density at radius 1 is 1.35 bits per heavy atom. The van der Waals surface area contributed by atoms with Crippen molar-refractivity contribution in [2.24, 2.45) is 0 Å². The Labute approximate surface area is 124 Å². The molecule has 20 heavy (non-hydrogen) atoms. The average Bonchev–Trinajstić information content (AvgIpc) is 2.92. The average molecular weight is 285 g/mol. The predicted molar refractivity (Wildman–Crippen MR) is 83.2 cm³/mol. The Morgan fingerprint density at radius 2 is 2.15 bits per heavy atom. The second kappa shape index (κ2) is 7.16. The molecule has 4 heteroatoms. The molecular weight excluding hydrogens is 266 g/mol. The number of aromatic nitrogens is 2. The number of nitrogens with zero attached hydrogens (tertiary/aromatic N) is 3. The maximum atomic E-state index is 8.57. The van der Waals surface area contributed by atoms with Gasteiger partial charge in [-0.15, -0.1) is 0 Å². The first kappa shape index (κ1) is 14.7. The van der Waals surface area contributed by atoms with Crippen molar-refractivity contribution >= 4 is 11.8 Å². The summed E-state index contributed by atoms with van der Waals surface area (Å²) in [7, 11) is 0. The number of hydrogen-bond donors (Lipinski definition) is 0. The molecule has 0 spiro atoms. The number of unbranched alkanes of at least 4 members (excludes halogenated alkanes) is 1. The van der Waals surface area contributed by atoms with E-state index in [1.165, 1.54) is 11.3 Å². The highest BCUT2D eigenvalue weighted by Crippen LogP contribution is 2.27. The van der Waals surface area contributed by atoms with Gasteiger partial charge in [-0.25, -0.2) is 4.98 Å². The quantitative estimate of drug-likeness (QED) is 0.584. The maximum absolute atomic E-state index is 8.57. The SMILES string of the molecule is CC(C)c1ccccc1-n1ccnc1SCCCC#N. The van der Waals surface area contributed by atoms with E-state index in [4.69, 9.17) is 5.26 Å². The van der Waals surface area contributed by atoms with Gasteiger partial charge in [0.2, 0.25) is 0 Å². The van der Waals surface area contributed by atoms with Crippen LogP contribution in [0.15, 0.2) is 41.8 Å². The molecular formula is C16H19N3S. The van der Waals surface area contributed by atoms with Crippen LogP contribution in [0.1, 0.15) is 38.2 Å². The lowest BCUT2D eigenvalue weighted by molar-refractivity contribution is 0.817. The highest BCUT2D eigenvalue weighted by molar-refractivity contribution is 7.99. The summed E-state index contributed by atoms with van der Waals surface area (Å²) in [6.07, 6.45) is 5.35. The number of benzene rings is 1. The molecule has 0 fully saturated rings. The van der Waals surface area contributed by atoms with Crippen molar-refractivity contribution in [3.05, 3.63) is 42.2 Å². The first-order valence-electron chi connectivity index (χ1n) is 6.86. The van der Waals surface area contributed by atoms with Gasteiger partial charge in [0.25, 0.3) is 0 Å². The van der Waals surface area contributed by atoms with Gasteiger partial charge in [0.1, 0.15) is 0 Å². The Balaban J connectivity index is 2.22. The van der Waals surface area contributed by atoms with E-state index in [0.717, 1.165) is 17.3 Å². The summed E-state index contributed by atoms with van der Waals surface area (Å²) in [5.74, 6) is 1.40. The van der Waals surface area contributed by atoms with Crippen LogP contribution >= 0.6 is 11.8 Å². The second-order valence-corrected chi connectivity index (χ2v) is 5.97. The monoisotopic (exact) mass is 285 g/mol. The Kier molecular flexibility index (Phi) is 5.25. The molecule has 0 amide bonds. The molecule has 2 rings (SSSR count). The summed E-state index contributed by atoms with van der Waals surface area (Å²) < 4.78 is 2.15. The number of imidazole rings is 1. The molecule has 0 saturated carbocycles. The Bertz CT molecular complexity index is 596. The number of nitriles is 1. The topological polar surface area (TPSA) is 41.6 Å². The highest BCUT2D eigenvalue weighted by Gasteiger charge is 2.11. The van der Waals surface area contributed by atoms with E-state index in [1.807, 2.05) is 12.4 Å². The van der Waals surface area contributed by atoms with E-state index >= 15 is 0 Å². The molecule has 0 atom stereocenters. The molecule has 0 aliphatic rings. The largest absolute Gasteiger partial charge is 0.295 e. The first-order valence-corrected chi connectivity index (χ1v) is 7.85. The van der Waals surface area contributed by atoms with Gasteiger partial charge in [-0.1, -0.05) is 43.8 Å². The molecule has 1 aromatic heterocycles. The van der Waals surface area contributed by atoms with Gasteiger partial charge < -0.3 is 0 Å². The van der Waals surface area contributed by atoms with Crippen LogP contribution in [-0.4, -0.2) is 15.3 Å². The molecule has 3 nitrogen and oxygen atoms in total. The number of hydrogen-bond acceptors (Lipinski definition) is 3. The number of rotatable bonds is 6. The van der Waals surface area contributed by atoms with Crippen LogP contribution in [0.25, 0.3) is 5.69 Å². The van der Waals surface area contributed by atoms with E-state index in [0.29, 0.717) is 12.3 Å². The molecule has 0 unspecified atom stereocenters. The van der Waals surface area contributed by atoms with Crippen molar-refractivity contribution in [2.45, 2.75) is 37.8 Å². The first-order chi connectivity index (χ1) is 9.74. The Morgan fingerprint density at radius 3 is 2.90 bits per heavy atom. The van der Waals surface area contributed by atoms with Gasteiger partial charge in [0, 0.05) is 24.6 Å². The van der Waals surface area contributed by atoms with Crippen LogP contribution in [0.5, 0.6) is 0 Å². The van der Waals surface area contributed by atoms with E-state index in [-0.39, 0.29) is 0 Å². The lowest BCUT2D eigenvalue weighted by Crippen LogP contribution is -2.01. The van der Waals surface area contributed by atoms with Crippen LogP contribution in [0.4, 0.5) is 0 Å². The molecule has 0 aliphatic carbocycles. The number of para-hydroxylation sites is 1. The van der Waals surface area contributed by atoms with E-state index in [9.17, 15) is 0 Å². The van der Waals surface area contributed by atoms with Crippen LogP contribution in [0.3, 0.4) is 0 Å². The van der Waals surface area contributed by atoms with E-state index < -0.39 is 0 Å². The summed E-state index contributed by atoms with van der Waals surface area (Å²) in [6, 6.07) is 10.6.